The summed E-state index contributed by atoms with van der Waals surface area (Å²) in [5.41, 5.74) is 1.80. The fourth-order valence-electron chi connectivity index (χ4n) is 1.14. The quantitative estimate of drug-likeness (QED) is 0.754. The zero-order valence-electron chi connectivity index (χ0n) is 8.06. The third kappa shape index (κ3) is 1.98. The standard InChI is InChI=1S/C9H9N5O/c1-6-8(4-12-14-6)9(15)13-7-2-10-5-11-3-7/h2-5H,1H3,(H,12,14)(H,13,15). The number of nitrogens with one attached hydrogen (secondary N) is 2. The molecule has 0 aliphatic carbocycles. The van der Waals surface area contributed by atoms with E-state index in [1.807, 2.05) is 0 Å². The van der Waals surface area contributed by atoms with Crippen molar-refractivity contribution >= 4 is 11.6 Å². The predicted octanol–water partition coefficient (Wildman–Crippen LogP) is 0.760. The second-order valence-electron chi connectivity index (χ2n) is 2.99. The van der Waals surface area contributed by atoms with Crippen molar-refractivity contribution in [3.63, 3.8) is 0 Å². The van der Waals surface area contributed by atoms with Crippen molar-refractivity contribution in [2.24, 2.45) is 0 Å². The molecule has 0 spiro atoms. The molecule has 0 unspecified atom stereocenters. The summed E-state index contributed by atoms with van der Waals surface area (Å²) < 4.78 is 0. The zero-order valence-corrected chi connectivity index (χ0v) is 8.06. The van der Waals surface area contributed by atoms with Gasteiger partial charge in [-0.2, -0.15) is 5.10 Å². The molecular formula is C9H9N5O. The second kappa shape index (κ2) is 3.87. The lowest BCUT2D eigenvalue weighted by atomic mass is 10.2. The normalized spacial score (nSPS) is 9.93. The molecule has 0 aliphatic rings. The van der Waals surface area contributed by atoms with Gasteiger partial charge in [-0.25, -0.2) is 9.97 Å². The number of hydrogen-bond acceptors (Lipinski definition) is 4. The molecule has 0 saturated carbocycles. The SMILES string of the molecule is Cc1[nH]ncc1C(=O)Nc1cncnc1. The Hall–Kier alpha value is -2.24. The van der Waals surface area contributed by atoms with Crippen molar-refractivity contribution in [1.82, 2.24) is 20.2 Å². The molecule has 15 heavy (non-hydrogen) atoms. The topological polar surface area (TPSA) is 83.6 Å². The lowest BCUT2D eigenvalue weighted by Gasteiger charge is -2.01. The number of aromatic nitrogens is 4. The fourth-order valence-corrected chi connectivity index (χ4v) is 1.14. The van der Waals surface area contributed by atoms with Gasteiger partial charge in [-0.05, 0) is 6.92 Å². The molecule has 0 atom stereocenters. The van der Waals surface area contributed by atoms with E-state index in [-0.39, 0.29) is 5.91 Å². The second-order valence-corrected chi connectivity index (χ2v) is 2.99. The molecule has 6 heteroatoms. The van der Waals surface area contributed by atoms with E-state index in [0.717, 1.165) is 5.69 Å². The maximum atomic E-state index is 11.7. The third-order valence-corrected chi connectivity index (χ3v) is 1.89. The molecule has 0 saturated heterocycles. The minimum atomic E-state index is -0.226. The van der Waals surface area contributed by atoms with Gasteiger partial charge in [-0.1, -0.05) is 0 Å². The number of carbonyl (C=O) groups excluding carboxylic acids is 1. The van der Waals surface area contributed by atoms with Gasteiger partial charge in [-0.3, -0.25) is 9.89 Å². The Kier molecular flexibility index (Phi) is 2.40. The number of hydrogen-bond donors (Lipinski definition) is 2. The Morgan fingerprint density at radius 3 is 2.67 bits per heavy atom. The number of H-pyrrole nitrogens is 1. The predicted molar refractivity (Wildman–Crippen MR) is 53.3 cm³/mol. The maximum absolute atomic E-state index is 11.7. The van der Waals surface area contributed by atoms with Crippen LogP contribution in [0.15, 0.2) is 24.9 Å². The summed E-state index contributed by atoms with van der Waals surface area (Å²) >= 11 is 0. The van der Waals surface area contributed by atoms with E-state index in [1.54, 1.807) is 6.92 Å². The number of nitrogens with zero attached hydrogens (tertiary/aromatic N) is 3. The van der Waals surface area contributed by atoms with Gasteiger partial charge in [0, 0.05) is 5.69 Å². The Labute approximate surface area is 85.8 Å². The number of rotatable bonds is 2. The van der Waals surface area contributed by atoms with Crippen LogP contribution in [0.3, 0.4) is 0 Å². The number of amides is 1. The summed E-state index contributed by atoms with van der Waals surface area (Å²) in [6, 6.07) is 0. The molecule has 0 aromatic carbocycles. The van der Waals surface area contributed by atoms with E-state index in [2.05, 4.69) is 25.5 Å². The van der Waals surface area contributed by atoms with E-state index >= 15 is 0 Å². The fraction of sp³-hybridized carbons (Fsp3) is 0.111. The summed E-state index contributed by atoms with van der Waals surface area (Å²) in [6.07, 6.45) is 5.94. The van der Waals surface area contributed by atoms with Crippen LogP contribution in [0.1, 0.15) is 16.1 Å². The van der Waals surface area contributed by atoms with Crippen LogP contribution in [0.25, 0.3) is 0 Å². The first-order valence-corrected chi connectivity index (χ1v) is 4.33. The molecular weight excluding hydrogens is 194 g/mol. The van der Waals surface area contributed by atoms with Gasteiger partial charge >= 0.3 is 0 Å². The summed E-state index contributed by atoms with van der Waals surface area (Å²) in [5.74, 6) is -0.226. The molecule has 0 aliphatic heterocycles. The monoisotopic (exact) mass is 203 g/mol. The zero-order chi connectivity index (χ0) is 10.7. The number of anilines is 1. The van der Waals surface area contributed by atoms with Crippen molar-refractivity contribution in [1.29, 1.82) is 0 Å². The van der Waals surface area contributed by atoms with Gasteiger partial charge in [0.15, 0.2) is 0 Å². The van der Waals surface area contributed by atoms with E-state index < -0.39 is 0 Å². The summed E-state index contributed by atoms with van der Waals surface area (Å²) in [6.45, 7) is 1.78. The highest BCUT2D eigenvalue weighted by atomic mass is 16.1. The van der Waals surface area contributed by atoms with Crippen LogP contribution in [-0.4, -0.2) is 26.1 Å². The average molecular weight is 203 g/mol. The van der Waals surface area contributed by atoms with E-state index in [9.17, 15) is 4.79 Å². The molecule has 0 radical (unpaired) electrons. The molecule has 76 valence electrons. The van der Waals surface area contributed by atoms with Gasteiger partial charge < -0.3 is 5.32 Å². The van der Waals surface area contributed by atoms with E-state index in [0.29, 0.717) is 11.3 Å². The highest BCUT2D eigenvalue weighted by Crippen LogP contribution is 2.07. The first-order chi connectivity index (χ1) is 7.27. The first kappa shape index (κ1) is 9.32. The highest BCUT2D eigenvalue weighted by Gasteiger charge is 2.10. The van der Waals surface area contributed by atoms with E-state index in [1.165, 1.54) is 24.9 Å². The van der Waals surface area contributed by atoms with Gasteiger partial charge in [0.25, 0.3) is 5.91 Å². The Morgan fingerprint density at radius 2 is 2.07 bits per heavy atom. The van der Waals surface area contributed by atoms with Crippen LogP contribution in [-0.2, 0) is 0 Å². The Morgan fingerprint density at radius 1 is 1.33 bits per heavy atom. The molecule has 2 rings (SSSR count). The van der Waals surface area contributed by atoms with Gasteiger partial charge in [-0.15, -0.1) is 0 Å². The third-order valence-electron chi connectivity index (χ3n) is 1.89. The smallest absolute Gasteiger partial charge is 0.259 e. The van der Waals surface area contributed by atoms with Crippen molar-refractivity contribution in [2.75, 3.05) is 5.32 Å². The lowest BCUT2D eigenvalue weighted by molar-refractivity contribution is 0.102. The van der Waals surface area contributed by atoms with Crippen molar-refractivity contribution in [3.8, 4) is 0 Å². The maximum Gasteiger partial charge on any atom is 0.259 e. The van der Waals surface area contributed by atoms with Crippen LogP contribution in [0.4, 0.5) is 5.69 Å². The van der Waals surface area contributed by atoms with E-state index in [4.69, 9.17) is 0 Å². The molecule has 1 amide bonds. The number of aryl methyl sites for hydroxylation is 1. The van der Waals surface area contributed by atoms with Gasteiger partial charge in [0.2, 0.25) is 0 Å². The van der Waals surface area contributed by atoms with Crippen LogP contribution < -0.4 is 5.32 Å². The van der Waals surface area contributed by atoms with Crippen LogP contribution >= 0.6 is 0 Å². The summed E-state index contributed by atoms with van der Waals surface area (Å²) in [4.78, 5) is 19.3. The molecule has 6 nitrogen and oxygen atoms in total. The van der Waals surface area contributed by atoms with Crippen LogP contribution in [0.5, 0.6) is 0 Å². The Balaban J connectivity index is 2.15. The van der Waals surface area contributed by atoms with Crippen molar-refractivity contribution in [3.05, 3.63) is 36.2 Å². The molecule has 0 fully saturated rings. The minimum Gasteiger partial charge on any atom is -0.319 e. The van der Waals surface area contributed by atoms with Gasteiger partial charge in [0.1, 0.15) is 6.33 Å². The molecule has 0 bridgehead atoms. The molecule has 2 aromatic rings. The van der Waals surface area contributed by atoms with Gasteiger partial charge in [0.05, 0.1) is 29.8 Å². The summed E-state index contributed by atoms with van der Waals surface area (Å²) in [5, 5.41) is 9.12. The average Bonchev–Trinajstić information content (AvgIpc) is 2.66. The van der Waals surface area contributed by atoms with Crippen LogP contribution in [0, 0.1) is 6.92 Å². The lowest BCUT2D eigenvalue weighted by Crippen LogP contribution is -2.12. The Bertz CT molecular complexity index is 464. The molecule has 2 heterocycles. The van der Waals surface area contributed by atoms with Crippen LogP contribution in [0.2, 0.25) is 0 Å². The molecule has 2 N–H and O–H groups in total. The number of carbonyl (C=O) groups is 1. The highest BCUT2D eigenvalue weighted by molar-refractivity contribution is 6.04. The molecule has 2 aromatic heterocycles. The minimum absolute atomic E-state index is 0.226. The van der Waals surface area contributed by atoms with Crippen molar-refractivity contribution < 1.29 is 4.79 Å². The largest absolute Gasteiger partial charge is 0.319 e. The summed E-state index contributed by atoms with van der Waals surface area (Å²) in [7, 11) is 0. The first-order valence-electron chi connectivity index (χ1n) is 4.33. The van der Waals surface area contributed by atoms with Crippen molar-refractivity contribution in [2.45, 2.75) is 6.92 Å². The number of aromatic amines is 1.